The van der Waals surface area contributed by atoms with E-state index in [1.807, 2.05) is 29.2 Å². The molecule has 234 valence electrons. The van der Waals surface area contributed by atoms with Crippen molar-refractivity contribution in [3.63, 3.8) is 0 Å². The molecule has 3 atom stereocenters. The molecule has 2 aromatic carbocycles. The Labute approximate surface area is 252 Å². The molecule has 43 heavy (non-hydrogen) atoms. The average Bonchev–Trinajstić information content (AvgIpc) is 3.30. The minimum Gasteiger partial charge on any atom is -0.494 e. The number of aryl methyl sites for hydroxylation is 1. The Morgan fingerprint density at radius 1 is 1.23 bits per heavy atom. The van der Waals surface area contributed by atoms with Crippen molar-refractivity contribution in [2.45, 2.75) is 49.5 Å². The van der Waals surface area contributed by atoms with Crippen molar-refractivity contribution < 1.29 is 31.8 Å². The van der Waals surface area contributed by atoms with Crippen LogP contribution in [0.15, 0.2) is 41.3 Å². The van der Waals surface area contributed by atoms with Crippen molar-refractivity contribution in [3.05, 3.63) is 47.9 Å². The fourth-order valence-electron chi connectivity index (χ4n) is 5.39. The van der Waals surface area contributed by atoms with Gasteiger partial charge in [0.2, 0.25) is 0 Å². The molecule has 1 fully saturated rings. The fraction of sp³-hybridized carbons (Fsp3) is 0.484. The highest BCUT2D eigenvalue weighted by molar-refractivity contribution is 7.90. The molecule has 1 aliphatic heterocycles. The van der Waals surface area contributed by atoms with E-state index in [-0.39, 0.29) is 42.1 Å². The summed E-state index contributed by atoms with van der Waals surface area (Å²) in [4.78, 5) is 1.76. The average molecular weight is 619 g/mol. The lowest BCUT2D eigenvalue weighted by Gasteiger charge is -2.36. The third-order valence-electron chi connectivity index (χ3n) is 7.43. The van der Waals surface area contributed by atoms with E-state index >= 15 is 4.39 Å². The number of aliphatic hydroxyl groups excluding tert-OH is 1. The van der Waals surface area contributed by atoms with Crippen LogP contribution in [0, 0.1) is 17.7 Å². The predicted molar refractivity (Wildman–Crippen MR) is 165 cm³/mol. The molecular formula is C31H40F2N4O5S. The molecule has 4 rings (SSSR count). The van der Waals surface area contributed by atoms with E-state index in [9.17, 15) is 17.9 Å². The quantitative estimate of drug-likeness (QED) is 0.263. The first-order valence-electron chi connectivity index (χ1n) is 14.3. The Bertz CT molecular complexity index is 1580. The number of likely N-dealkylation sites (tertiary alicyclic amines) is 1. The van der Waals surface area contributed by atoms with Gasteiger partial charge in [-0.2, -0.15) is 0 Å². The molecule has 0 amide bonds. The number of fused-ring (bicyclic) bond motifs is 1. The Morgan fingerprint density at radius 2 is 2.02 bits per heavy atom. The molecule has 3 aromatic rings. The fourth-order valence-corrected chi connectivity index (χ4v) is 6.03. The summed E-state index contributed by atoms with van der Waals surface area (Å²) in [5, 5.41) is 17.3. The monoisotopic (exact) mass is 618 g/mol. The summed E-state index contributed by atoms with van der Waals surface area (Å²) in [5.41, 5.74) is 2.60. The van der Waals surface area contributed by atoms with E-state index in [1.165, 1.54) is 20.3 Å². The second-order valence-electron chi connectivity index (χ2n) is 10.8. The molecule has 0 aliphatic carbocycles. The van der Waals surface area contributed by atoms with E-state index in [4.69, 9.17) is 9.47 Å². The highest BCUT2D eigenvalue weighted by atomic mass is 32.2. The number of β-amino-alcohol motifs (C(OH)–C–C–N with tert-alkyl or cyclic N) is 1. The summed E-state index contributed by atoms with van der Waals surface area (Å²) >= 11 is 0. The second-order valence-corrected chi connectivity index (χ2v) is 12.8. The first-order chi connectivity index (χ1) is 20.5. The zero-order chi connectivity index (χ0) is 31.1. The summed E-state index contributed by atoms with van der Waals surface area (Å²) in [5.74, 6) is 5.53. The van der Waals surface area contributed by atoms with Gasteiger partial charge in [0.15, 0.2) is 15.7 Å². The van der Waals surface area contributed by atoms with Gasteiger partial charge in [0.05, 0.1) is 48.5 Å². The van der Waals surface area contributed by atoms with Crippen LogP contribution in [0.1, 0.15) is 25.5 Å². The van der Waals surface area contributed by atoms with E-state index in [2.05, 4.69) is 34.0 Å². The molecule has 0 bridgehead atoms. The summed E-state index contributed by atoms with van der Waals surface area (Å²) in [7, 11) is -0.733. The lowest BCUT2D eigenvalue weighted by atomic mass is 10.0. The van der Waals surface area contributed by atoms with Gasteiger partial charge in [0, 0.05) is 56.7 Å². The maximum atomic E-state index is 15.2. The van der Waals surface area contributed by atoms with E-state index in [0.717, 1.165) is 47.6 Å². The number of aromatic nitrogens is 1. The molecule has 0 radical (unpaired) electrons. The number of aliphatic hydroxyl groups is 1. The maximum Gasteiger partial charge on any atom is 0.175 e. The van der Waals surface area contributed by atoms with Crippen LogP contribution < -0.4 is 15.4 Å². The standard InChI is InChI=1S/C31H40F2N4O5S/c1-5-13-37-21(8-7-12-34-31-25(32)16-23(43(4,39)40)17-30(31)42-3)15-24-27(9-6-10-29(24)37)35-28-11-14-36(19-26(28)33)18-22(38)20-41-2/h6,9-10,15-17,22,26,28,34-35,38H,5,11-14,18-20H2,1-4H3/t22?,26-,28+/m1/s1. The SMILES string of the molecule is CCCn1c(C#CCNc2c(F)cc(S(C)(=O)=O)cc2OC)cc2c(N[C@H]3CCN(CC(O)COC)C[C@H]3F)cccc21. The van der Waals surface area contributed by atoms with Crippen LogP contribution in [0.5, 0.6) is 5.75 Å². The second kappa shape index (κ2) is 14.4. The largest absolute Gasteiger partial charge is 0.494 e. The highest BCUT2D eigenvalue weighted by Gasteiger charge is 2.30. The van der Waals surface area contributed by atoms with Gasteiger partial charge >= 0.3 is 0 Å². The van der Waals surface area contributed by atoms with Crippen molar-refractivity contribution in [2.24, 2.45) is 0 Å². The first-order valence-corrected chi connectivity index (χ1v) is 16.2. The third-order valence-corrected chi connectivity index (χ3v) is 8.53. The van der Waals surface area contributed by atoms with Crippen LogP contribution in [-0.4, -0.2) is 94.6 Å². The summed E-state index contributed by atoms with van der Waals surface area (Å²) < 4.78 is 66.0. The molecule has 1 aliphatic rings. The number of halogens is 2. The molecule has 3 N–H and O–H groups in total. The first kappa shape index (κ1) is 32.5. The van der Waals surface area contributed by atoms with Gasteiger partial charge in [0.25, 0.3) is 0 Å². The van der Waals surface area contributed by atoms with E-state index in [1.54, 1.807) is 0 Å². The van der Waals surface area contributed by atoms with Gasteiger partial charge in [-0.15, -0.1) is 0 Å². The van der Waals surface area contributed by atoms with Crippen molar-refractivity contribution in [2.75, 3.05) is 63.9 Å². The number of nitrogens with zero attached hydrogens (tertiary/aromatic N) is 2. The molecule has 1 unspecified atom stereocenters. The van der Waals surface area contributed by atoms with Crippen molar-refractivity contribution in [3.8, 4) is 17.6 Å². The Hall–Kier alpha value is -3.37. The number of rotatable bonds is 12. The van der Waals surface area contributed by atoms with Crippen LogP contribution in [-0.2, 0) is 21.1 Å². The van der Waals surface area contributed by atoms with Crippen molar-refractivity contribution >= 4 is 32.1 Å². The lowest BCUT2D eigenvalue weighted by Crippen LogP contribution is -2.50. The van der Waals surface area contributed by atoms with Crippen LogP contribution in [0.25, 0.3) is 10.9 Å². The number of hydrogen-bond donors (Lipinski definition) is 3. The summed E-state index contributed by atoms with van der Waals surface area (Å²) in [6, 6.07) is 9.73. The summed E-state index contributed by atoms with van der Waals surface area (Å²) in [6.45, 7) is 4.39. The zero-order valence-electron chi connectivity index (χ0n) is 25.0. The smallest absolute Gasteiger partial charge is 0.175 e. The molecule has 9 nitrogen and oxygen atoms in total. The highest BCUT2D eigenvalue weighted by Crippen LogP contribution is 2.32. The Kier molecular flexibility index (Phi) is 10.9. The number of hydrogen-bond acceptors (Lipinski definition) is 8. The minimum absolute atomic E-state index is 0.0322. The number of sulfone groups is 1. The van der Waals surface area contributed by atoms with Crippen LogP contribution in [0.2, 0.25) is 0 Å². The maximum absolute atomic E-state index is 15.2. The third kappa shape index (κ3) is 7.97. The Morgan fingerprint density at radius 3 is 2.70 bits per heavy atom. The number of benzene rings is 2. The van der Waals surface area contributed by atoms with Gasteiger partial charge < -0.3 is 29.8 Å². The van der Waals surface area contributed by atoms with Crippen LogP contribution in [0.4, 0.5) is 20.2 Å². The van der Waals surface area contributed by atoms with E-state index in [0.29, 0.717) is 19.5 Å². The van der Waals surface area contributed by atoms with Crippen molar-refractivity contribution in [1.29, 1.82) is 0 Å². The minimum atomic E-state index is -3.60. The molecule has 1 aromatic heterocycles. The van der Waals surface area contributed by atoms with Crippen molar-refractivity contribution in [1.82, 2.24) is 9.47 Å². The number of anilines is 2. The van der Waals surface area contributed by atoms with Gasteiger partial charge in [-0.25, -0.2) is 17.2 Å². The van der Waals surface area contributed by atoms with Gasteiger partial charge in [-0.05, 0) is 43.0 Å². The molecule has 2 heterocycles. The molecule has 0 spiro atoms. The molecule has 1 saturated heterocycles. The number of alkyl halides is 1. The molecular weight excluding hydrogens is 578 g/mol. The van der Waals surface area contributed by atoms with Gasteiger partial charge in [0.1, 0.15) is 17.6 Å². The predicted octanol–water partition coefficient (Wildman–Crippen LogP) is 3.90. The topological polar surface area (TPSA) is 105 Å². The van der Waals surface area contributed by atoms with Gasteiger partial charge in [-0.3, -0.25) is 4.90 Å². The van der Waals surface area contributed by atoms with Crippen LogP contribution in [0.3, 0.4) is 0 Å². The normalized spacial score (nSPS) is 18.2. The number of nitrogens with one attached hydrogen (secondary N) is 2. The van der Waals surface area contributed by atoms with Crippen LogP contribution >= 0.6 is 0 Å². The lowest BCUT2D eigenvalue weighted by molar-refractivity contribution is 0.0215. The summed E-state index contributed by atoms with van der Waals surface area (Å²) in [6.07, 6.45) is 0.724. The Balaban J connectivity index is 1.51. The van der Waals surface area contributed by atoms with Gasteiger partial charge in [-0.1, -0.05) is 18.9 Å². The zero-order valence-corrected chi connectivity index (χ0v) is 25.8. The molecule has 0 saturated carbocycles. The number of methoxy groups -OCH3 is 2. The number of piperidine rings is 1. The number of ether oxygens (including phenoxy) is 2. The molecule has 12 heteroatoms. The van der Waals surface area contributed by atoms with E-state index < -0.39 is 27.9 Å².